The molecule has 0 amide bonds. The molecule has 0 aromatic carbocycles. The molecular formula is C36H76CaO4P2S4. The van der Waals surface area contributed by atoms with Crippen LogP contribution in [-0.4, -0.2) is 64.2 Å². The summed E-state index contributed by atoms with van der Waals surface area (Å²) in [7, 11) is 0. The molecule has 0 aliphatic rings. The van der Waals surface area contributed by atoms with Crippen molar-refractivity contribution in [3.8, 4) is 0 Å². The molecule has 0 unspecified atom stereocenters. The van der Waals surface area contributed by atoms with Crippen LogP contribution in [0.5, 0.6) is 0 Å². The Hall–Kier alpha value is 3.10. The van der Waals surface area contributed by atoms with Gasteiger partial charge in [-0.2, -0.15) is 0 Å². The van der Waals surface area contributed by atoms with Crippen LogP contribution >= 0.6 is 11.4 Å². The van der Waals surface area contributed by atoms with Crippen molar-refractivity contribution in [1.29, 1.82) is 0 Å². The van der Waals surface area contributed by atoms with Gasteiger partial charge < -0.3 is 42.6 Å². The topological polar surface area (TPSA) is 36.9 Å². The Balaban J connectivity index is -0.000000807. The van der Waals surface area contributed by atoms with E-state index in [9.17, 15) is 0 Å². The van der Waals surface area contributed by atoms with Gasteiger partial charge in [0.05, 0.1) is 37.8 Å². The van der Waals surface area contributed by atoms with Crippen LogP contribution < -0.4 is 0 Å². The van der Waals surface area contributed by atoms with Gasteiger partial charge in [-0.05, 0) is 25.7 Å². The summed E-state index contributed by atoms with van der Waals surface area (Å²) in [5, 5.41) is 0. The summed E-state index contributed by atoms with van der Waals surface area (Å²) in [6, 6.07) is 0. The van der Waals surface area contributed by atoms with Gasteiger partial charge in [-0.25, -0.2) is 0 Å². The second-order valence-corrected chi connectivity index (χ2v) is 22.7. The first-order valence-corrected chi connectivity index (χ1v) is 26.7. The molecule has 0 heterocycles. The van der Waals surface area contributed by atoms with Crippen LogP contribution in [0.25, 0.3) is 0 Å². The zero-order valence-electron chi connectivity index (χ0n) is 31.5. The molecule has 0 bridgehead atoms. The second-order valence-electron chi connectivity index (χ2n) is 12.7. The first-order valence-electron chi connectivity index (χ1n) is 19.4. The van der Waals surface area contributed by atoms with E-state index < -0.39 is 11.4 Å². The first kappa shape index (κ1) is 54.4. The van der Waals surface area contributed by atoms with Gasteiger partial charge in [0.25, 0.3) is 0 Å². The SMILES string of the molecule is CCCCCCCCCOP(=S)([S-])OCCCCCCCCC.CCCCCCCCCOP(=S)([S-])OCCCCCCCCC.[Ca+2]. The van der Waals surface area contributed by atoms with Crippen molar-refractivity contribution >= 4 is 97.2 Å². The van der Waals surface area contributed by atoms with Gasteiger partial charge >= 0.3 is 37.7 Å². The molecule has 0 N–H and O–H groups in total. The Morgan fingerprint density at radius 2 is 0.468 bits per heavy atom. The van der Waals surface area contributed by atoms with Gasteiger partial charge in [-0.3, -0.25) is 0 Å². The Bertz CT molecular complexity index is 591. The van der Waals surface area contributed by atoms with Crippen LogP contribution in [0.1, 0.15) is 207 Å². The molecule has 4 nitrogen and oxygen atoms in total. The van der Waals surface area contributed by atoms with E-state index in [2.05, 4.69) is 27.7 Å². The van der Waals surface area contributed by atoms with Crippen LogP contribution in [0.2, 0.25) is 0 Å². The van der Waals surface area contributed by atoms with Gasteiger partial charge in [0.15, 0.2) is 0 Å². The van der Waals surface area contributed by atoms with Crippen molar-refractivity contribution in [1.82, 2.24) is 0 Å². The number of hydrogen-bond acceptors (Lipinski definition) is 8. The van der Waals surface area contributed by atoms with E-state index in [0.29, 0.717) is 26.4 Å². The first-order chi connectivity index (χ1) is 22.2. The maximum atomic E-state index is 5.64. The fourth-order valence-corrected chi connectivity index (χ4v) is 8.37. The summed E-state index contributed by atoms with van der Waals surface area (Å²) < 4.78 is 22.5. The van der Waals surface area contributed by atoms with Crippen molar-refractivity contribution in [3.63, 3.8) is 0 Å². The third-order valence-corrected chi connectivity index (χ3v) is 12.5. The molecule has 0 aromatic rings. The molecule has 0 saturated carbocycles. The maximum Gasteiger partial charge on any atom is 2.00 e. The Morgan fingerprint density at radius 1 is 0.319 bits per heavy atom. The Labute approximate surface area is 345 Å². The fourth-order valence-electron chi connectivity index (χ4n) is 5.02. The molecule has 0 aromatic heterocycles. The van der Waals surface area contributed by atoms with Gasteiger partial charge in [0.2, 0.25) is 0 Å². The smallest absolute Gasteiger partial charge is 0.691 e. The molecule has 11 heteroatoms. The predicted molar refractivity (Wildman–Crippen MR) is 225 cm³/mol. The van der Waals surface area contributed by atoms with E-state index in [-0.39, 0.29) is 37.7 Å². The van der Waals surface area contributed by atoms with Crippen LogP contribution in [0.4, 0.5) is 0 Å². The zero-order valence-corrected chi connectivity index (χ0v) is 38.8. The summed E-state index contributed by atoms with van der Waals surface area (Å²) in [5.41, 5.74) is -4.82. The van der Waals surface area contributed by atoms with E-state index in [1.165, 1.54) is 154 Å². The predicted octanol–water partition coefficient (Wildman–Crippen LogP) is 14.2. The third-order valence-electron chi connectivity index (χ3n) is 7.99. The van der Waals surface area contributed by atoms with Crippen LogP contribution in [0.3, 0.4) is 0 Å². The summed E-state index contributed by atoms with van der Waals surface area (Å²) in [4.78, 5) is 0. The van der Waals surface area contributed by atoms with E-state index in [1.54, 1.807) is 0 Å². The molecule has 0 rings (SSSR count). The summed E-state index contributed by atoms with van der Waals surface area (Å²) in [5.74, 6) is 0. The van der Waals surface area contributed by atoms with Crippen molar-refractivity contribution < 1.29 is 18.1 Å². The monoisotopic (exact) mass is 802 g/mol. The number of rotatable bonds is 36. The van der Waals surface area contributed by atoms with E-state index >= 15 is 0 Å². The summed E-state index contributed by atoms with van der Waals surface area (Å²) >= 11 is 21.2. The molecule has 0 radical (unpaired) electrons. The average Bonchev–Trinajstić information content (AvgIpc) is 3.02. The molecule has 0 saturated heterocycles. The van der Waals surface area contributed by atoms with E-state index in [4.69, 9.17) is 66.2 Å². The van der Waals surface area contributed by atoms with Crippen LogP contribution in [0.15, 0.2) is 0 Å². The van der Waals surface area contributed by atoms with Crippen LogP contribution in [0, 0.1) is 0 Å². The molecule has 47 heavy (non-hydrogen) atoms. The summed E-state index contributed by atoms with van der Waals surface area (Å²) in [6.45, 7) is 11.7. The van der Waals surface area contributed by atoms with Gasteiger partial charge in [-0.1, -0.05) is 205 Å². The number of hydrogen-bond donors (Lipinski definition) is 0. The van der Waals surface area contributed by atoms with Gasteiger partial charge in [0, 0.05) is 0 Å². The normalized spacial score (nSPS) is 11.7. The van der Waals surface area contributed by atoms with Gasteiger partial charge in [-0.15, -0.1) is 0 Å². The minimum Gasteiger partial charge on any atom is -0.691 e. The molecule has 0 atom stereocenters. The summed E-state index contributed by atoms with van der Waals surface area (Å²) in [6.07, 6.45) is 35.7. The standard InChI is InChI=1S/2C18H39O2PS2.Ca/c2*1-3-5-7-9-11-13-15-17-19-21(22,23)20-18-16-14-12-10-8-6-4-2;/h2*3-18H2,1-2H3,(H,22,23);/q;;+2/p-2. The second kappa shape index (κ2) is 43.5. The zero-order chi connectivity index (χ0) is 34.5. The molecule has 0 aliphatic carbocycles. The van der Waals surface area contributed by atoms with Crippen molar-refractivity contribution in [3.05, 3.63) is 0 Å². The minimum absolute atomic E-state index is 0. The van der Waals surface area contributed by atoms with Crippen molar-refractivity contribution in [2.75, 3.05) is 26.4 Å². The van der Waals surface area contributed by atoms with Crippen molar-refractivity contribution in [2.24, 2.45) is 0 Å². The third kappa shape index (κ3) is 49.1. The average molecular weight is 803 g/mol. The van der Waals surface area contributed by atoms with E-state index in [0.717, 1.165) is 25.7 Å². The number of unbranched alkanes of at least 4 members (excludes halogenated alkanes) is 24. The molecule has 0 spiro atoms. The van der Waals surface area contributed by atoms with E-state index in [1.807, 2.05) is 0 Å². The van der Waals surface area contributed by atoms with Gasteiger partial charge in [0.1, 0.15) is 0 Å². The molecule has 0 fully saturated rings. The Kier molecular flexibility index (Phi) is 50.4. The molecule has 280 valence electrons. The minimum atomic E-state index is -2.41. The molecular weight excluding hydrogens is 727 g/mol. The quantitative estimate of drug-likeness (QED) is 0.0268. The fraction of sp³-hybridized carbons (Fsp3) is 1.00. The van der Waals surface area contributed by atoms with Crippen LogP contribution in [-0.2, 0) is 66.2 Å². The molecule has 0 aliphatic heterocycles. The Morgan fingerprint density at radius 3 is 0.638 bits per heavy atom. The largest absolute Gasteiger partial charge is 2.00 e. The maximum absolute atomic E-state index is 5.64. The van der Waals surface area contributed by atoms with Crippen molar-refractivity contribution in [2.45, 2.75) is 207 Å².